The second-order valence-corrected chi connectivity index (χ2v) is 5.16. The number of imide groups is 1. The number of nitrogens with two attached hydrogens (primary N) is 1. The third kappa shape index (κ3) is 2.51. The molecule has 2 heterocycles. The number of aromatic nitrogens is 1. The number of methoxy groups -OCH3 is 1. The summed E-state index contributed by atoms with van der Waals surface area (Å²) in [5.41, 5.74) is 3.14. The molecule has 3 N–H and O–H groups in total. The summed E-state index contributed by atoms with van der Waals surface area (Å²) in [7, 11) is 1.08. The largest absolute Gasteiger partial charge is 0.496 e. The van der Waals surface area contributed by atoms with Gasteiger partial charge in [0.05, 0.1) is 29.5 Å². The molecule has 1 aliphatic heterocycles. The Morgan fingerprint density at radius 3 is 2.40 bits per heavy atom. The molecule has 1 aromatic heterocycles. The van der Waals surface area contributed by atoms with E-state index in [9.17, 15) is 27.6 Å². The van der Waals surface area contributed by atoms with Crippen molar-refractivity contribution in [1.29, 1.82) is 0 Å². The fourth-order valence-corrected chi connectivity index (χ4v) is 2.60. The number of pyridine rings is 1. The number of fused-ring (bicyclic) bond motifs is 1. The summed E-state index contributed by atoms with van der Waals surface area (Å²) < 4.78 is 44.9. The van der Waals surface area contributed by atoms with E-state index in [-0.39, 0.29) is 16.8 Å². The van der Waals surface area contributed by atoms with Crippen molar-refractivity contribution in [1.82, 2.24) is 9.88 Å². The molecule has 0 fully saturated rings. The zero-order chi connectivity index (χ0) is 18.5. The highest BCUT2D eigenvalue weighted by Gasteiger charge is 2.36. The molecule has 7 nitrogen and oxygen atoms in total. The van der Waals surface area contributed by atoms with Crippen LogP contribution < -0.4 is 21.3 Å². The number of ether oxygens (including phenoxy) is 1. The molecule has 0 atom stereocenters. The van der Waals surface area contributed by atoms with Gasteiger partial charge in [-0.1, -0.05) is 0 Å². The molecule has 0 aliphatic carbocycles. The lowest BCUT2D eigenvalue weighted by Crippen LogP contribution is -2.24. The molecule has 2 amide bonds. The average Bonchev–Trinajstić information content (AvgIpc) is 2.80. The van der Waals surface area contributed by atoms with Crippen LogP contribution in [0.1, 0.15) is 26.3 Å². The van der Waals surface area contributed by atoms with Crippen LogP contribution in [0.3, 0.4) is 0 Å². The number of nitrogens with zero attached hydrogens (tertiary/aromatic N) is 1. The second-order valence-electron chi connectivity index (χ2n) is 5.16. The van der Waals surface area contributed by atoms with Crippen molar-refractivity contribution >= 4 is 17.6 Å². The number of alkyl halides is 3. The minimum Gasteiger partial charge on any atom is -0.496 e. The van der Waals surface area contributed by atoms with Gasteiger partial charge in [-0.3, -0.25) is 24.3 Å². The molecule has 2 aromatic rings. The lowest BCUT2D eigenvalue weighted by atomic mass is 10.1. The molecule has 0 bridgehead atoms. The minimum atomic E-state index is -4.73. The average molecular weight is 353 g/mol. The van der Waals surface area contributed by atoms with E-state index in [1.807, 2.05) is 5.32 Å². The number of rotatable bonds is 2. The van der Waals surface area contributed by atoms with Gasteiger partial charge in [-0.2, -0.15) is 13.2 Å². The highest BCUT2D eigenvalue weighted by molar-refractivity contribution is 6.23. The normalized spacial score (nSPS) is 13.6. The maximum absolute atomic E-state index is 13.2. The van der Waals surface area contributed by atoms with Gasteiger partial charge >= 0.3 is 6.18 Å². The van der Waals surface area contributed by atoms with Crippen LogP contribution >= 0.6 is 0 Å². The number of halogens is 3. The molecular weight excluding hydrogens is 343 g/mol. The van der Waals surface area contributed by atoms with Crippen molar-refractivity contribution in [3.63, 3.8) is 0 Å². The van der Waals surface area contributed by atoms with E-state index < -0.39 is 40.7 Å². The van der Waals surface area contributed by atoms with Crippen LogP contribution in [0.5, 0.6) is 5.75 Å². The molecule has 25 heavy (non-hydrogen) atoms. The second kappa shape index (κ2) is 5.36. The molecule has 0 radical (unpaired) electrons. The zero-order valence-electron chi connectivity index (χ0n) is 12.6. The van der Waals surface area contributed by atoms with Crippen LogP contribution in [0.15, 0.2) is 29.1 Å². The van der Waals surface area contributed by atoms with Gasteiger partial charge in [0.1, 0.15) is 11.6 Å². The van der Waals surface area contributed by atoms with E-state index in [4.69, 9.17) is 5.73 Å². The third-order valence-electron chi connectivity index (χ3n) is 3.70. The van der Waals surface area contributed by atoms with Gasteiger partial charge in [0.25, 0.3) is 17.4 Å². The number of anilines is 1. The highest BCUT2D eigenvalue weighted by atomic mass is 19.4. The van der Waals surface area contributed by atoms with E-state index in [0.29, 0.717) is 6.07 Å². The van der Waals surface area contributed by atoms with Crippen LogP contribution in [-0.4, -0.2) is 23.5 Å². The van der Waals surface area contributed by atoms with E-state index in [0.717, 1.165) is 23.8 Å². The van der Waals surface area contributed by atoms with Crippen molar-refractivity contribution in [3.05, 3.63) is 51.3 Å². The summed E-state index contributed by atoms with van der Waals surface area (Å²) in [5, 5.41) is 1.97. The molecule has 0 unspecified atom stereocenters. The lowest BCUT2D eigenvalue weighted by Gasteiger charge is -2.16. The predicted octanol–water partition coefficient (Wildman–Crippen LogP) is 1.33. The molecule has 0 saturated heterocycles. The third-order valence-corrected chi connectivity index (χ3v) is 3.70. The SMILES string of the molecule is COc1ccc(-n2c(N)c3c(cc2=O)C(=O)NC3=O)cc1C(F)(F)F. The summed E-state index contributed by atoms with van der Waals surface area (Å²) in [5.74, 6) is -2.47. The Morgan fingerprint density at radius 2 is 1.80 bits per heavy atom. The molecule has 0 saturated carbocycles. The smallest absolute Gasteiger partial charge is 0.420 e. The van der Waals surface area contributed by atoms with E-state index in [1.54, 1.807) is 0 Å². The number of amides is 2. The molecule has 130 valence electrons. The molecule has 3 rings (SSSR count). The number of hydrogen-bond acceptors (Lipinski definition) is 5. The Morgan fingerprint density at radius 1 is 1.12 bits per heavy atom. The maximum atomic E-state index is 13.2. The summed E-state index contributed by atoms with van der Waals surface area (Å²) in [6, 6.07) is 3.75. The minimum absolute atomic E-state index is 0.215. The van der Waals surface area contributed by atoms with Crippen molar-refractivity contribution in [2.75, 3.05) is 12.8 Å². The van der Waals surface area contributed by atoms with Crippen LogP contribution in [0, 0.1) is 0 Å². The van der Waals surface area contributed by atoms with Gasteiger partial charge in [0.2, 0.25) is 0 Å². The number of nitrogen functional groups attached to an aromatic ring is 1. The monoisotopic (exact) mass is 353 g/mol. The number of carbonyl (C=O) groups is 2. The first-order valence-electron chi connectivity index (χ1n) is 6.82. The zero-order valence-corrected chi connectivity index (χ0v) is 12.6. The molecule has 1 aliphatic rings. The Balaban J connectivity index is 2.29. The fourth-order valence-electron chi connectivity index (χ4n) is 2.60. The van der Waals surface area contributed by atoms with Crippen LogP contribution in [0.2, 0.25) is 0 Å². The van der Waals surface area contributed by atoms with Crippen LogP contribution in [0.25, 0.3) is 5.69 Å². The van der Waals surface area contributed by atoms with E-state index >= 15 is 0 Å². The van der Waals surface area contributed by atoms with Gasteiger partial charge in [-0.15, -0.1) is 0 Å². The van der Waals surface area contributed by atoms with Crippen molar-refractivity contribution in [3.8, 4) is 11.4 Å². The standard InChI is InChI=1S/C15H10F3N3O4/c1-25-9-3-2-6(4-8(9)15(16,17)18)21-10(22)5-7-11(12(21)19)14(24)20-13(7)23/h2-5H,19H2,1H3,(H,20,23,24). The quantitative estimate of drug-likeness (QED) is 0.793. The van der Waals surface area contributed by atoms with Gasteiger partial charge < -0.3 is 10.5 Å². The summed E-state index contributed by atoms with van der Waals surface area (Å²) in [4.78, 5) is 35.6. The predicted molar refractivity (Wildman–Crippen MR) is 79.8 cm³/mol. The van der Waals surface area contributed by atoms with E-state index in [2.05, 4.69) is 4.74 Å². The summed E-state index contributed by atoms with van der Waals surface area (Å²) in [6.07, 6.45) is -4.73. The van der Waals surface area contributed by atoms with Gasteiger partial charge in [-0.25, -0.2) is 0 Å². The summed E-state index contributed by atoms with van der Waals surface area (Å²) in [6.45, 7) is 0. The molecule has 1 aromatic carbocycles. The highest BCUT2D eigenvalue weighted by Crippen LogP contribution is 2.37. The Kier molecular flexibility index (Phi) is 3.55. The fraction of sp³-hybridized carbons (Fsp3) is 0.133. The maximum Gasteiger partial charge on any atom is 0.420 e. The first-order valence-corrected chi connectivity index (χ1v) is 6.82. The van der Waals surface area contributed by atoms with Gasteiger partial charge in [0.15, 0.2) is 0 Å². The van der Waals surface area contributed by atoms with Crippen molar-refractivity contribution in [2.45, 2.75) is 6.18 Å². The van der Waals surface area contributed by atoms with Crippen molar-refractivity contribution in [2.24, 2.45) is 0 Å². The molecule has 10 heteroatoms. The first kappa shape index (κ1) is 16.6. The first-order chi connectivity index (χ1) is 11.6. The summed E-state index contributed by atoms with van der Waals surface area (Å²) >= 11 is 0. The lowest BCUT2D eigenvalue weighted by molar-refractivity contribution is -0.138. The van der Waals surface area contributed by atoms with Gasteiger partial charge in [-0.05, 0) is 18.2 Å². The topological polar surface area (TPSA) is 103 Å². The molecular formula is C15H10F3N3O4. The number of nitrogens with one attached hydrogen (secondary N) is 1. The van der Waals surface area contributed by atoms with Gasteiger partial charge in [0, 0.05) is 6.07 Å². The number of carbonyl (C=O) groups excluding carboxylic acids is 2. The Hall–Kier alpha value is -3.30. The van der Waals surface area contributed by atoms with Crippen LogP contribution in [-0.2, 0) is 6.18 Å². The Bertz CT molecular complexity index is 979. The number of benzene rings is 1. The van der Waals surface area contributed by atoms with Crippen molar-refractivity contribution < 1.29 is 27.5 Å². The van der Waals surface area contributed by atoms with Crippen LogP contribution in [0.4, 0.5) is 19.0 Å². The van der Waals surface area contributed by atoms with E-state index in [1.165, 1.54) is 6.07 Å². The molecule has 0 spiro atoms. The number of hydrogen-bond donors (Lipinski definition) is 2. The Labute approximate surface area is 137 Å².